The molecule has 1 heterocycles. The van der Waals surface area contributed by atoms with Crippen molar-refractivity contribution in [1.82, 2.24) is 4.98 Å². The van der Waals surface area contributed by atoms with Crippen molar-refractivity contribution in [3.8, 4) is 11.8 Å². The van der Waals surface area contributed by atoms with Gasteiger partial charge in [0.25, 0.3) is 0 Å². The van der Waals surface area contributed by atoms with Gasteiger partial charge in [-0.2, -0.15) is 0 Å². The molecule has 1 atom stereocenters. The molecule has 0 spiro atoms. The maximum atomic E-state index is 9.78. The molecule has 1 aromatic rings. The topological polar surface area (TPSA) is 33.1 Å². The Bertz CT molecular complexity index is 374. The van der Waals surface area contributed by atoms with E-state index < -0.39 is 6.10 Å². The monoisotopic (exact) mass is 189 g/mol. The van der Waals surface area contributed by atoms with Crippen LogP contribution in [0.25, 0.3) is 0 Å². The van der Waals surface area contributed by atoms with Crippen LogP contribution in [0, 0.1) is 25.7 Å². The van der Waals surface area contributed by atoms with Gasteiger partial charge in [-0.15, -0.1) is 11.8 Å². The van der Waals surface area contributed by atoms with Gasteiger partial charge in [0.05, 0.1) is 6.10 Å². The molecule has 2 nitrogen and oxygen atoms in total. The van der Waals surface area contributed by atoms with Gasteiger partial charge in [-0.3, -0.25) is 4.98 Å². The number of nitrogens with zero attached hydrogens (tertiary/aromatic N) is 1. The van der Waals surface area contributed by atoms with Gasteiger partial charge in [0, 0.05) is 23.9 Å². The molecule has 1 unspecified atom stereocenters. The van der Waals surface area contributed by atoms with Crippen molar-refractivity contribution in [1.29, 1.82) is 0 Å². The Morgan fingerprint density at radius 2 is 2.21 bits per heavy atom. The van der Waals surface area contributed by atoms with Crippen molar-refractivity contribution in [2.45, 2.75) is 33.3 Å². The van der Waals surface area contributed by atoms with E-state index >= 15 is 0 Å². The zero-order valence-electron chi connectivity index (χ0n) is 8.83. The third kappa shape index (κ3) is 2.58. The van der Waals surface area contributed by atoms with E-state index in [1.165, 1.54) is 0 Å². The summed E-state index contributed by atoms with van der Waals surface area (Å²) in [5.74, 6) is 5.63. The molecular formula is C12H15NO. The molecule has 0 bridgehead atoms. The van der Waals surface area contributed by atoms with Crippen LogP contribution in [0.3, 0.4) is 0 Å². The first-order chi connectivity index (χ1) is 6.65. The highest BCUT2D eigenvalue weighted by Gasteiger charge is 2.09. The van der Waals surface area contributed by atoms with Crippen LogP contribution in [0.15, 0.2) is 12.3 Å². The van der Waals surface area contributed by atoms with E-state index in [1.807, 2.05) is 19.9 Å². The molecule has 0 aliphatic carbocycles. The second-order valence-corrected chi connectivity index (χ2v) is 3.33. The number of aryl methyl sites for hydroxylation is 2. The van der Waals surface area contributed by atoms with Crippen molar-refractivity contribution in [2.24, 2.45) is 0 Å². The Labute approximate surface area is 85.0 Å². The van der Waals surface area contributed by atoms with Crippen LogP contribution in [-0.2, 0) is 0 Å². The highest BCUT2D eigenvalue weighted by atomic mass is 16.3. The van der Waals surface area contributed by atoms with Crippen LogP contribution in [-0.4, -0.2) is 10.1 Å². The number of aliphatic hydroxyl groups is 1. The number of aromatic nitrogens is 1. The Morgan fingerprint density at radius 3 is 2.79 bits per heavy atom. The number of aliphatic hydroxyl groups excluding tert-OH is 1. The normalized spacial score (nSPS) is 11.7. The van der Waals surface area contributed by atoms with E-state index in [2.05, 4.69) is 16.8 Å². The SMILES string of the molecule is CC#CCC(O)c1cnc(C)cc1C. The predicted molar refractivity (Wildman–Crippen MR) is 56.7 cm³/mol. The van der Waals surface area contributed by atoms with E-state index in [4.69, 9.17) is 0 Å². The lowest BCUT2D eigenvalue weighted by Gasteiger charge is -2.10. The lowest BCUT2D eigenvalue weighted by Crippen LogP contribution is -2.00. The number of rotatable bonds is 2. The van der Waals surface area contributed by atoms with E-state index in [-0.39, 0.29) is 0 Å². The van der Waals surface area contributed by atoms with Gasteiger partial charge < -0.3 is 5.11 Å². The summed E-state index contributed by atoms with van der Waals surface area (Å²) in [6.45, 7) is 5.69. The van der Waals surface area contributed by atoms with Crippen LogP contribution in [0.2, 0.25) is 0 Å². The predicted octanol–water partition coefficient (Wildman–Crippen LogP) is 2.15. The van der Waals surface area contributed by atoms with Crippen molar-refractivity contribution in [2.75, 3.05) is 0 Å². The zero-order valence-corrected chi connectivity index (χ0v) is 8.83. The van der Waals surface area contributed by atoms with Gasteiger partial charge in [0.15, 0.2) is 0 Å². The molecule has 0 aliphatic heterocycles. The maximum absolute atomic E-state index is 9.78. The van der Waals surface area contributed by atoms with Crippen molar-refractivity contribution < 1.29 is 5.11 Å². The molecule has 1 N–H and O–H groups in total. The smallest absolute Gasteiger partial charge is 0.0916 e. The van der Waals surface area contributed by atoms with Crippen molar-refractivity contribution >= 4 is 0 Å². The largest absolute Gasteiger partial charge is 0.387 e. The van der Waals surface area contributed by atoms with Crippen LogP contribution in [0.4, 0.5) is 0 Å². The first-order valence-electron chi connectivity index (χ1n) is 4.66. The number of hydrogen-bond donors (Lipinski definition) is 1. The van der Waals surface area contributed by atoms with Gasteiger partial charge in [-0.05, 0) is 32.4 Å². The minimum absolute atomic E-state index is 0.474. The van der Waals surface area contributed by atoms with Crippen LogP contribution in [0.1, 0.15) is 36.3 Å². The number of pyridine rings is 1. The second-order valence-electron chi connectivity index (χ2n) is 3.33. The van der Waals surface area contributed by atoms with Gasteiger partial charge in [0.1, 0.15) is 0 Å². The van der Waals surface area contributed by atoms with Crippen molar-refractivity contribution in [3.63, 3.8) is 0 Å². The fourth-order valence-corrected chi connectivity index (χ4v) is 1.36. The first kappa shape index (κ1) is 10.7. The molecule has 14 heavy (non-hydrogen) atoms. The molecule has 0 fully saturated rings. The van der Waals surface area contributed by atoms with Gasteiger partial charge >= 0.3 is 0 Å². The molecule has 0 saturated carbocycles. The Balaban J connectivity index is 2.88. The molecule has 0 radical (unpaired) electrons. The molecule has 0 aromatic carbocycles. The quantitative estimate of drug-likeness (QED) is 0.723. The van der Waals surface area contributed by atoms with Crippen LogP contribution >= 0.6 is 0 Å². The van der Waals surface area contributed by atoms with E-state index in [9.17, 15) is 5.11 Å². The third-order valence-corrected chi connectivity index (χ3v) is 2.12. The summed E-state index contributed by atoms with van der Waals surface area (Å²) in [4.78, 5) is 4.16. The minimum atomic E-state index is -0.518. The fraction of sp³-hybridized carbons (Fsp3) is 0.417. The summed E-state index contributed by atoms with van der Waals surface area (Å²) in [6, 6.07) is 1.97. The summed E-state index contributed by atoms with van der Waals surface area (Å²) in [5, 5.41) is 9.78. The Kier molecular flexibility index (Phi) is 3.67. The average molecular weight is 189 g/mol. The van der Waals surface area contributed by atoms with Gasteiger partial charge in [-0.25, -0.2) is 0 Å². The lowest BCUT2D eigenvalue weighted by atomic mass is 10.0. The van der Waals surface area contributed by atoms with E-state index in [1.54, 1.807) is 13.1 Å². The second kappa shape index (κ2) is 4.78. The maximum Gasteiger partial charge on any atom is 0.0916 e. The average Bonchev–Trinajstić information content (AvgIpc) is 2.14. The molecule has 2 heteroatoms. The van der Waals surface area contributed by atoms with Gasteiger partial charge in [-0.1, -0.05) is 0 Å². The zero-order chi connectivity index (χ0) is 10.6. The molecular weight excluding hydrogens is 174 g/mol. The fourth-order valence-electron chi connectivity index (χ4n) is 1.36. The minimum Gasteiger partial charge on any atom is -0.387 e. The first-order valence-corrected chi connectivity index (χ1v) is 4.66. The molecule has 0 saturated heterocycles. The van der Waals surface area contributed by atoms with E-state index in [0.717, 1.165) is 16.8 Å². The summed E-state index contributed by atoms with van der Waals surface area (Å²) in [7, 11) is 0. The molecule has 74 valence electrons. The van der Waals surface area contributed by atoms with Crippen LogP contribution in [0.5, 0.6) is 0 Å². The summed E-state index contributed by atoms with van der Waals surface area (Å²) < 4.78 is 0. The highest BCUT2D eigenvalue weighted by molar-refractivity contribution is 5.27. The van der Waals surface area contributed by atoms with Gasteiger partial charge in [0.2, 0.25) is 0 Å². The van der Waals surface area contributed by atoms with Crippen molar-refractivity contribution in [3.05, 3.63) is 29.1 Å². The molecule has 0 amide bonds. The van der Waals surface area contributed by atoms with E-state index in [0.29, 0.717) is 6.42 Å². The standard InChI is InChI=1S/C12H15NO/c1-4-5-6-12(14)11-8-13-10(3)7-9(11)2/h7-8,12,14H,6H2,1-3H3. The number of hydrogen-bond acceptors (Lipinski definition) is 2. The summed E-state index contributed by atoms with van der Waals surface area (Å²) in [6.07, 6.45) is 1.69. The molecule has 1 aromatic heterocycles. The summed E-state index contributed by atoms with van der Waals surface area (Å²) in [5.41, 5.74) is 2.92. The molecule has 0 aliphatic rings. The lowest BCUT2D eigenvalue weighted by molar-refractivity contribution is 0.183. The Hall–Kier alpha value is -1.33. The third-order valence-electron chi connectivity index (χ3n) is 2.12. The summed E-state index contributed by atoms with van der Waals surface area (Å²) >= 11 is 0. The molecule has 1 rings (SSSR count). The highest BCUT2D eigenvalue weighted by Crippen LogP contribution is 2.19. The Morgan fingerprint density at radius 1 is 1.50 bits per heavy atom. The van der Waals surface area contributed by atoms with Crippen LogP contribution < -0.4 is 0 Å².